The summed E-state index contributed by atoms with van der Waals surface area (Å²) in [7, 11) is 0. The molecule has 0 aromatic heterocycles. The third-order valence-electron chi connectivity index (χ3n) is 2.01. The molecular formula is C8H16N2O2. The largest absolute Gasteiger partial charge is 0.381 e. The lowest BCUT2D eigenvalue weighted by Crippen LogP contribution is -2.27. The zero-order valence-electron chi connectivity index (χ0n) is 7.21. The fourth-order valence-electron chi connectivity index (χ4n) is 1.26. The fraction of sp³-hybridized carbons (Fsp3) is 0.875. The number of carbonyl (C=O) groups excluding carboxylic acids is 1. The highest BCUT2D eigenvalue weighted by Crippen LogP contribution is 2.10. The molecule has 0 radical (unpaired) electrons. The monoisotopic (exact) mass is 172 g/mol. The van der Waals surface area contributed by atoms with Crippen molar-refractivity contribution in [2.24, 2.45) is 11.7 Å². The number of ether oxygens (including phenoxy) is 1. The lowest BCUT2D eigenvalue weighted by molar-refractivity contribution is -0.117. The van der Waals surface area contributed by atoms with Gasteiger partial charge in [0.05, 0.1) is 6.61 Å². The minimum absolute atomic E-state index is 0.245. The van der Waals surface area contributed by atoms with Gasteiger partial charge in [-0.3, -0.25) is 4.79 Å². The van der Waals surface area contributed by atoms with Crippen LogP contribution in [0.3, 0.4) is 0 Å². The van der Waals surface area contributed by atoms with Crippen LogP contribution in [-0.2, 0) is 9.53 Å². The van der Waals surface area contributed by atoms with E-state index in [1.807, 2.05) is 0 Å². The Balaban J connectivity index is 1.91. The molecule has 3 N–H and O–H groups in total. The molecule has 1 atom stereocenters. The molecule has 1 heterocycles. The molecule has 0 aromatic rings. The third kappa shape index (κ3) is 3.69. The third-order valence-corrected chi connectivity index (χ3v) is 2.01. The number of hydrogen-bond acceptors (Lipinski definition) is 3. The van der Waals surface area contributed by atoms with E-state index in [9.17, 15) is 4.79 Å². The van der Waals surface area contributed by atoms with Gasteiger partial charge in [-0.2, -0.15) is 0 Å². The zero-order valence-corrected chi connectivity index (χ0v) is 7.21. The number of amides is 1. The minimum atomic E-state index is -0.245. The Kier molecular flexibility index (Phi) is 4.04. The number of primary amides is 1. The first kappa shape index (κ1) is 9.48. The van der Waals surface area contributed by atoms with E-state index in [1.165, 1.54) is 0 Å². The highest BCUT2D eigenvalue weighted by atomic mass is 16.5. The Morgan fingerprint density at radius 1 is 1.67 bits per heavy atom. The molecule has 0 bridgehead atoms. The first-order valence-electron chi connectivity index (χ1n) is 4.36. The van der Waals surface area contributed by atoms with Gasteiger partial charge in [0.15, 0.2) is 0 Å². The summed E-state index contributed by atoms with van der Waals surface area (Å²) in [5, 5.41) is 3.18. The Bertz CT molecular complexity index is 144. The van der Waals surface area contributed by atoms with Crippen molar-refractivity contribution in [1.82, 2.24) is 5.32 Å². The fourth-order valence-corrected chi connectivity index (χ4v) is 1.26. The number of carbonyl (C=O) groups is 1. The van der Waals surface area contributed by atoms with E-state index in [0.717, 1.165) is 26.2 Å². The summed E-state index contributed by atoms with van der Waals surface area (Å²) in [6, 6.07) is 0. The summed E-state index contributed by atoms with van der Waals surface area (Å²) in [6.45, 7) is 3.35. The molecule has 1 aliphatic heterocycles. The number of rotatable bonds is 5. The number of nitrogens with two attached hydrogens (primary N) is 1. The normalized spacial score (nSPS) is 22.8. The van der Waals surface area contributed by atoms with Crippen molar-refractivity contribution in [3.05, 3.63) is 0 Å². The van der Waals surface area contributed by atoms with Crippen LogP contribution >= 0.6 is 0 Å². The second-order valence-corrected chi connectivity index (χ2v) is 3.15. The van der Waals surface area contributed by atoms with Crippen LogP contribution in [0.15, 0.2) is 0 Å². The average molecular weight is 172 g/mol. The van der Waals surface area contributed by atoms with Gasteiger partial charge >= 0.3 is 0 Å². The van der Waals surface area contributed by atoms with Crippen LogP contribution in [0, 0.1) is 5.92 Å². The van der Waals surface area contributed by atoms with Crippen LogP contribution in [-0.4, -0.2) is 32.2 Å². The van der Waals surface area contributed by atoms with E-state index < -0.39 is 0 Å². The molecule has 4 heteroatoms. The van der Waals surface area contributed by atoms with Crippen LogP contribution in [0.2, 0.25) is 0 Å². The average Bonchev–Trinajstić information content (AvgIpc) is 2.49. The predicted octanol–water partition coefficient (Wildman–Crippen LogP) is -0.512. The van der Waals surface area contributed by atoms with Crippen LogP contribution in [0.4, 0.5) is 0 Å². The lowest BCUT2D eigenvalue weighted by atomic mass is 10.1. The number of nitrogens with one attached hydrogen (secondary N) is 1. The smallest absolute Gasteiger partial charge is 0.218 e. The van der Waals surface area contributed by atoms with Gasteiger partial charge < -0.3 is 15.8 Å². The van der Waals surface area contributed by atoms with Gasteiger partial charge in [-0.1, -0.05) is 0 Å². The summed E-state index contributed by atoms with van der Waals surface area (Å²) in [5.41, 5.74) is 4.98. The SMILES string of the molecule is NC(=O)CCNCC1CCOC1. The molecular weight excluding hydrogens is 156 g/mol. The van der Waals surface area contributed by atoms with Crippen molar-refractivity contribution in [3.8, 4) is 0 Å². The molecule has 1 unspecified atom stereocenters. The Morgan fingerprint density at radius 3 is 3.08 bits per heavy atom. The van der Waals surface area contributed by atoms with Crippen LogP contribution in [0.5, 0.6) is 0 Å². The minimum Gasteiger partial charge on any atom is -0.381 e. The molecule has 0 saturated carbocycles. The van der Waals surface area contributed by atoms with Gasteiger partial charge in [-0.05, 0) is 12.3 Å². The van der Waals surface area contributed by atoms with Gasteiger partial charge in [-0.15, -0.1) is 0 Å². The first-order chi connectivity index (χ1) is 5.79. The van der Waals surface area contributed by atoms with Crippen LogP contribution in [0.25, 0.3) is 0 Å². The molecule has 70 valence electrons. The second-order valence-electron chi connectivity index (χ2n) is 3.15. The van der Waals surface area contributed by atoms with Crippen LogP contribution < -0.4 is 11.1 Å². The second kappa shape index (κ2) is 5.11. The summed E-state index contributed by atoms with van der Waals surface area (Å²) in [5.74, 6) is 0.378. The van der Waals surface area contributed by atoms with Gasteiger partial charge in [0.25, 0.3) is 0 Å². The maximum atomic E-state index is 10.4. The van der Waals surface area contributed by atoms with Crippen molar-refractivity contribution in [2.45, 2.75) is 12.8 Å². The zero-order chi connectivity index (χ0) is 8.81. The van der Waals surface area contributed by atoms with E-state index in [1.54, 1.807) is 0 Å². The molecule has 1 saturated heterocycles. The molecule has 0 aromatic carbocycles. The van der Waals surface area contributed by atoms with E-state index in [4.69, 9.17) is 10.5 Å². The van der Waals surface area contributed by atoms with E-state index in [0.29, 0.717) is 18.9 Å². The van der Waals surface area contributed by atoms with Gasteiger partial charge in [0, 0.05) is 26.1 Å². The molecule has 4 nitrogen and oxygen atoms in total. The van der Waals surface area contributed by atoms with Crippen molar-refractivity contribution >= 4 is 5.91 Å². The molecule has 1 amide bonds. The van der Waals surface area contributed by atoms with E-state index >= 15 is 0 Å². The van der Waals surface area contributed by atoms with Crippen molar-refractivity contribution in [1.29, 1.82) is 0 Å². The predicted molar refractivity (Wildman–Crippen MR) is 45.6 cm³/mol. The maximum Gasteiger partial charge on any atom is 0.218 e. The lowest BCUT2D eigenvalue weighted by Gasteiger charge is -2.07. The van der Waals surface area contributed by atoms with Crippen molar-refractivity contribution < 1.29 is 9.53 Å². The molecule has 1 fully saturated rings. The summed E-state index contributed by atoms with van der Waals surface area (Å²) in [4.78, 5) is 10.4. The standard InChI is InChI=1S/C8H16N2O2/c9-8(11)1-3-10-5-7-2-4-12-6-7/h7,10H,1-6H2,(H2,9,11). The summed E-state index contributed by atoms with van der Waals surface area (Å²) in [6.07, 6.45) is 1.55. The molecule has 0 aliphatic carbocycles. The van der Waals surface area contributed by atoms with E-state index in [2.05, 4.69) is 5.32 Å². The van der Waals surface area contributed by atoms with Gasteiger partial charge in [0.2, 0.25) is 5.91 Å². The summed E-state index contributed by atoms with van der Waals surface area (Å²) >= 11 is 0. The van der Waals surface area contributed by atoms with Crippen LogP contribution in [0.1, 0.15) is 12.8 Å². The quantitative estimate of drug-likeness (QED) is 0.549. The molecule has 1 aliphatic rings. The maximum absolute atomic E-state index is 10.4. The molecule has 0 spiro atoms. The van der Waals surface area contributed by atoms with Gasteiger partial charge in [0.1, 0.15) is 0 Å². The Morgan fingerprint density at radius 2 is 2.50 bits per heavy atom. The number of hydrogen-bond donors (Lipinski definition) is 2. The van der Waals surface area contributed by atoms with Crippen molar-refractivity contribution in [2.75, 3.05) is 26.3 Å². The Labute approximate surface area is 72.5 Å². The highest BCUT2D eigenvalue weighted by Gasteiger charge is 2.14. The topological polar surface area (TPSA) is 64.4 Å². The first-order valence-corrected chi connectivity index (χ1v) is 4.36. The highest BCUT2D eigenvalue weighted by molar-refractivity contribution is 5.73. The van der Waals surface area contributed by atoms with Crippen molar-refractivity contribution in [3.63, 3.8) is 0 Å². The van der Waals surface area contributed by atoms with E-state index in [-0.39, 0.29) is 5.91 Å². The molecule has 1 rings (SSSR count). The Hall–Kier alpha value is -0.610. The summed E-state index contributed by atoms with van der Waals surface area (Å²) < 4.78 is 5.20. The molecule has 12 heavy (non-hydrogen) atoms. The van der Waals surface area contributed by atoms with Gasteiger partial charge in [-0.25, -0.2) is 0 Å².